The Morgan fingerprint density at radius 2 is 2.11 bits per heavy atom. The van der Waals surface area contributed by atoms with Crippen molar-refractivity contribution in [3.8, 4) is 0 Å². The van der Waals surface area contributed by atoms with Gasteiger partial charge in [0.15, 0.2) is 0 Å². The standard InChI is InChI=1S/C15H22N2O/c1-2-14(11-6-4-3-5-7-11)17-15(18)12-8-9-13(16)10-12/h3-7,12-14H,2,8-10,16H2,1H3,(H,17,18). The third-order valence-electron chi connectivity index (χ3n) is 3.77. The SMILES string of the molecule is CCC(NC(=O)C1CCC(N)C1)c1ccccc1. The molecule has 0 aliphatic heterocycles. The third-order valence-corrected chi connectivity index (χ3v) is 3.77. The van der Waals surface area contributed by atoms with Gasteiger partial charge < -0.3 is 11.1 Å². The lowest BCUT2D eigenvalue weighted by molar-refractivity contribution is -0.125. The predicted octanol–water partition coefficient (Wildman–Crippen LogP) is 2.38. The minimum absolute atomic E-state index is 0.109. The highest BCUT2D eigenvalue weighted by molar-refractivity contribution is 5.79. The van der Waals surface area contributed by atoms with E-state index in [0.717, 1.165) is 25.7 Å². The molecule has 18 heavy (non-hydrogen) atoms. The first-order chi connectivity index (χ1) is 8.70. The molecule has 98 valence electrons. The van der Waals surface area contributed by atoms with Crippen molar-refractivity contribution in [2.24, 2.45) is 11.7 Å². The summed E-state index contributed by atoms with van der Waals surface area (Å²) in [5, 5.41) is 3.15. The Morgan fingerprint density at radius 1 is 1.39 bits per heavy atom. The van der Waals surface area contributed by atoms with Gasteiger partial charge in [-0.1, -0.05) is 37.3 Å². The maximum Gasteiger partial charge on any atom is 0.223 e. The van der Waals surface area contributed by atoms with E-state index in [0.29, 0.717) is 0 Å². The Kier molecular flexibility index (Phi) is 4.37. The van der Waals surface area contributed by atoms with Gasteiger partial charge in [-0.3, -0.25) is 4.79 Å². The van der Waals surface area contributed by atoms with E-state index in [4.69, 9.17) is 5.73 Å². The fraction of sp³-hybridized carbons (Fsp3) is 0.533. The molecule has 2 rings (SSSR count). The Labute approximate surface area is 109 Å². The summed E-state index contributed by atoms with van der Waals surface area (Å²) in [5.41, 5.74) is 7.03. The maximum absolute atomic E-state index is 12.2. The number of rotatable bonds is 4. The average Bonchev–Trinajstić information content (AvgIpc) is 2.83. The van der Waals surface area contributed by atoms with Gasteiger partial charge in [0.2, 0.25) is 5.91 Å². The highest BCUT2D eigenvalue weighted by Gasteiger charge is 2.28. The Hall–Kier alpha value is -1.35. The van der Waals surface area contributed by atoms with E-state index in [2.05, 4.69) is 24.4 Å². The van der Waals surface area contributed by atoms with E-state index in [1.165, 1.54) is 5.56 Å². The predicted molar refractivity (Wildman–Crippen MR) is 72.9 cm³/mol. The number of nitrogens with one attached hydrogen (secondary N) is 1. The maximum atomic E-state index is 12.2. The Morgan fingerprint density at radius 3 is 2.67 bits per heavy atom. The number of nitrogens with two attached hydrogens (primary N) is 1. The fourth-order valence-corrected chi connectivity index (χ4v) is 2.65. The van der Waals surface area contributed by atoms with Gasteiger partial charge in [-0.2, -0.15) is 0 Å². The zero-order chi connectivity index (χ0) is 13.0. The molecule has 0 bridgehead atoms. The Bertz CT molecular complexity index is 391. The van der Waals surface area contributed by atoms with Gasteiger partial charge in [-0.25, -0.2) is 0 Å². The minimum Gasteiger partial charge on any atom is -0.349 e. The lowest BCUT2D eigenvalue weighted by Crippen LogP contribution is -2.33. The molecule has 1 aliphatic carbocycles. The van der Waals surface area contributed by atoms with Gasteiger partial charge in [0.05, 0.1) is 6.04 Å². The van der Waals surface area contributed by atoms with Crippen LogP contribution in [0.3, 0.4) is 0 Å². The van der Waals surface area contributed by atoms with Gasteiger partial charge in [0.25, 0.3) is 0 Å². The van der Waals surface area contributed by atoms with Crippen LogP contribution in [-0.2, 0) is 4.79 Å². The summed E-state index contributed by atoms with van der Waals surface area (Å²) < 4.78 is 0. The summed E-state index contributed by atoms with van der Waals surface area (Å²) in [6, 6.07) is 10.5. The monoisotopic (exact) mass is 246 g/mol. The molecule has 3 N–H and O–H groups in total. The number of hydrogen-bond donors (Lipinski definition) is 2. The summed E-state index contributed by atoms with van der Waals surface area (Å²) in [6.07, 6.45) is 3.64. The molecule has 1 amide bonds. The first-order valence-corrected chi connectivity index (χ1v) is 6.81. The fourth-order valence-electron chi connectivity index (χ4n) is 2.65. The third kappa shape index (κ3) is 3.10. The lowest BCUT2D eigenvalue weighted by Gasteiger charge is -2.20. The van der Waals surface area contributed by atoms with Crippen molar-refractivity contribution in [2.45, 2.75) is 44.7 Å². The van der Waals surface area contributed by atoms with E-state index < -0.39 is 0 Å². The molecule has 0 heterocycles. The second-order valence-corrected chi connectivity index (χ2v) is 5.15. The average molecular weight is 246 g/mol. The molecular formula is C15H22N2O. The van der Waals surface area contributed by atoms with E-state index in [1.807, 2.05) is 18.2 Å². The van der Waals surface area contributed by atoms with Crippen LogP contribution in [0.5, 0.6) is 0 Å². The molecule has 3 atom stereocenters. The second kappa shape index (κ2) is 6.01. The van der Waals surface area contributed by atoms with Crippen LogP contribution < -0.4 is 11.1 Å². The smallest absolute Gasteiger partial charge is 0.223 e. The van der Waals surface area contributed by atoms with Crippen molar-refractivity contribution >= 4 is 5.91 Å². The molecule has 3 unspecified atom stereocenters. The minimum atomic E-state index is 0.109. The van der Waals surface area contributed by atoms with Crippen LogP contribution in [0.25, 0.3) is 0 Å². The van der Waals surface area contributed by atoms with Gasteiger partial charge >= 0.3 is 0 Å². The highest BCUT2D eigenvalue weighted by Crippen LogP contribution is 2.25. The normalized spacial score (nSPS) is 24.8. The molecule has 1 aliphatic rings. The summed E-state index contributed by atoms with van der Waals surface area (Å²) in [4.78, 5) is 12.2. The molecule has 0 saturated heterocycles. The van der Waals surface area contributed by atoms with Gasteiger partial charge in [-0.05, 0) is 31.2 Å². The van der Waals surface area contributed by atoms with Crippen LogP contribution in [-0.4, -0.2) is 11.9 Å². The van der Waals surface area contributed by atoms with E-state index in [9.17, 15) is 4.79 Å². The number of amides is 1. The second-order valence-electron chi connectivity index (χ2n) is 5.15. The molecule has 1 saturated carbocycles. The van der Waals surface area contributed by atoms with Crippen molar-refractivity contribution in [3.63, 3.8) is 0 Å². The van der Waals surface area contributed by atoms with Gasteiger partial charge in [0.1, 0.15) is 0 Å². The summed E-state index contributed by atoms with van der Waals surface area (Å²) >= 11 is 0. The van der Waals surface area contributed by atoms with Crippen molar-refractivity contribution in [3.05, 3.63) is 35.9 Å². The van der Waals surface area contributed by atoms with Gasteiger partial charge in [-0.15, -0.1) is 0 Å². The number of carbonyl (C=O) groups is 1. The first-order valence-electron chi connectivity index (χ1n) is 6.81. The van der Waals surface area contributed by atoms with Crippen molar-refractivity contribution in [1.29, 1.82) is 0 Å². The van der Waals surface area contributed by atoms with Crippen molar-refractivity contribution in [1.82, 2.24) is 5.32 Å². The number of benzene rings is 1. The zero-order valence-electron chi connectivity index (χ0n) is 10.9. The molecule has 1 aromatic carbocycles. The summed E-state index contributed by atoms with van der Waals surface area (Å²) in [6.45, 7) is 2.10. The molecular weight excluding hydrogens is 224 g/mol. The van der Waals surface area contributed by atoms with Crippen molar-refractivity contribution < 1.29 is 4.79 Å². The molecule has 0 spiro atoms. The summed E-state index contributed by atoms with van der Waals surface area (Å²) in [7, 11) is 0. The first kappa shape index (κ1) is 13.1. The van der Waals surface area contributed by atoms with Crippen LogP contribution in [0.4, 0.5) is 0 Å². The van der Waals surface area contributed by atoms with Crippen LogP contribution in [0.15, 0.2) is 30.3 Å². The molecule has 0 radical (unpaired) electrons. The van der Waals surface area contributed by atoms with E-state index >= 15 is 0 Å². The molecule has 1 aromatic rings. The van der Waals surface area contributed by atoms with Crippen LogP contribution in [0.1, 0.15) is 44.2 Å². The Balaban J connectivity index is 1.96. The molecule has 3 heteroatoms. The topological polar surface area (TPSA) is 55.1 Å². The van der Waals surface area contributed by atoms with Crippen LogP contribution >= 0.6 is 0 Å². The number of carbonyl (C=O) groups excluding carboxylic acids is 1. The molecule has 0 aromatic heterocycles. The van der Waals surface area contributed by atoms with Crippen molar-refractivity contribution in [2.75, 3.05) is 0 Å². The quantitative estimate of drug-likeness (QED) is 0.857. The lowest BCUT2D eigenvalue weighted by atomic mass is 10.0. The van der Waals surface area contributed by atoms with Crippen LogP contribution in [0.2, 0.25) is 0 Å². The number of hydrogen-bond acceptors (Lipinski definition) is 2. The van der Waals surface area contributed by atoms with E-state index in [1.54, 1.807) is 0 Å². The molecule has 3 nitrogen and oxygen atoms in total. The van der Waals surface area contributed by atoms with Gasteiger partial charge in [0, 0.05) is 12.0 Å². The van der Waals surface area contributed by atoms with E-state index in [-0.39, 0.29) is 23.9 Å². The van der Waals surface area contributed by atoms with Crippen LogP contribution in [0, 0.1) is 5.92 Å². The molecule has 1 fully saturated rings. The highest BCUT2D eigenvalue weighted by atomic mass is 16.1. The summed E-state index contributed by atoms with van der Waals surface area (Å²) in [5.74, 6) is 0.274. The largest absolute Gasteiger partial charge is 0.349 e. The zero-order valence-corrected chi connectivity index (χ0v) is 10.9.